The lowest BCUT2D eigenvalue weighted by molar-refractivity contribution is 0.156. The molecule has 3 nitrogen and oxygen atoms in total. The number of rotatable bonds is 1. The van der Waals surface area contributed by atoms with Gasteiger partial charge in [0, 0.05) is 18.6 Å². The van der Waals surface area contributed by atoms with Crippen molar-refractivity contribution in [2.45, 2.75) is 37.8 Å². The minimum atomic E-state index is 0.482. The molecule has 0 spiro atoms. The van der Waals surface area contributed by atoms with Gasteiger partial charge in [-0.1, -0.05) is 17.7 Å². The second-order valence-electron chi connectivity index (χ2n) is 5.95. The predicted molar refractivity (Wildman–Crippen MR) is 85.0 cm³/mol. The summed E-state index contributed by atoms with van der Waals surface area (Å²) in [5, 5.41) is 0.795. The third kappa shape index (κ3) is 1.93. The molecule has 2 fully saturated rings. The van der Waals surface area contributed by atoms with E-state index >= 15 is 0 Å². The van der Waals surface area contributed by atoms with E-state index in [4.69, 9.17) is 23.8 Å². The molecule has 2 atom stereocenters. The standard InChI is InChI=1S/C15H18ClN3S/c16-12-4-1-5-13-14(12)19(15(20)17-13)11-6-8-18-7-2-3-10(18)9-11/h1,4-5,10-11H,2-3,6-9H2,(H,17,20). The average Bonchev–Trinajstić information content (AvgIpc) is 3.01. The van der Waals surface area contributed by atoms with Gasteiger partial charge in [0.15, 0.2) is 4.77 Å². The van der Waals surface area contributed by atoms with Gasteiger partial charge in [-0.05, 0) is 56.6 Å². The summed E-state index contributed by atoms with van der Waals surface area (Å²) in [7, 11) is 0. The quantitative estimate of drug-likeness (QED) is 0.800. The zero-order valence-corrected chi connectivity index (χ0v) is 12.9. The average molecular weight is 308 g/mol. The molecule has 2 unspecified atom stereocenters. The van der Waals surface area contributed by atoms with Crippen molar-refractivity contribution in [3.8, 4) is 0 Å². The normalized spacial score (nSPS) is 27.1. The molecule has 2 saturated heterocycles. The first-order valence-corrected chi connectivity index (χ1v) is 8.15. The van der Waals surface area contributed by atoms with Crippen molar-refractivity contribution in [3.63, 3.8) is 0 Å². The molecule has 4 rings (SSSR count). The summed E-state index contributed by atoms with van der Waals surface area (Å²) in [5.41, 5.74) is 2.13. The van der Waals surface area contributed by atoms with E-state index in [0.29, 0.717) is 6.04 Å². The lowest BCUT2D eigenvalue weighted by atomic mass is 9.97. The molecule has 0 bridgehead atoms. The van der Waals surface area contributed by atoms with Crippen molar-refractivity contribution in [2.75, 3.05) is 13.1 Å². The molecule has 2 aliphatic heterocycles. The third-order valence-electron chi connectivity index (χ3n) is 4.85. The van der Waals surface area contributed by atoms with Crippen LogP contribution in [0.4, 0.5) is 0 Å². The number of aromatic amines is 1. The lowest BCUT2D eigenvalue weighted by Gasteiger charge is -2.35. The van der Waals surface area contributed by atoms with E-state index in [9.17, 15) is 0 Å². The molecule has 2 aromatic rings. The maximum Gasteiger partial charge on any atom is 0.178 e. The maximum atomic E-state index is 6.41. The molecule has 3 heterocycles. The van der Waals surface area contributed by atoms with Crippen molar-refractivity contribution in [1.82, 2.24) is 14.5 Å². The summed E-state index contributed by atoms with van der Waals surface area (Å²) >= 11 is 12.0. The molecule has 1 aromatic carbocycles. The maximum absolute atomic E-state index is 6.41. The Balaban J connectivity index is 1.78. The van der Waals surface area contributed by atoms with Crippen molar-refractivity contribution < 1.29 is 0 Å². The molecule has 20 heavy (non-hydrogen) atoms. The summed E-state index contributed by atoms with van der Waals surface area (Å²) in [5.74, 6) is 0. The van der Waals surface area contributed by atoms with Crippen LogP contribution >= 0.6 is 23.8 Å². The predicted octanol–water partition coefficient (Wildman–Crippen LogP) is 4.15. The Kier molecular flexibility index (Phi) is 3.13. The molecular formula is C15H18ClN3S. The van der Waals surface area contributed by atoms with Gasteiger partial charge in [-0.15, -0.1) is 0 Å². The smallest absolute Gasteiger partial charge is 0.178 e. The Morgan fingerprint density at radius 1 is 1.20 bits per heavy atom. The zero-order chi connectivity index (χ0) is 13.7. The number of imidazole rings is 1. The SMILES string of the molecule is S=c1[nH]c2cccc(Cl)c2n1C1CCN2CCCC2C1. The fraction of sp³-hybridized carbons (Fsp3) is 0.533. The van der Waals surface area contributed by atoms with Crippen molar-refractivity contribution in [2.24, 2.45) is 0 Å². The number of hydrogen-bond donors (Lipinski definition) is 1. The first-order valence-electron chi connectivity index (χ1n) is 7.37. The van der Waals surface area contributed by atoms with Crippen molar-refractivity contribution >= 4 is 34.9 Å². The molecular weight excluding hydrogens is 290 g/mol. The van der Waals surface area contributed by atoms with Crippen LogP contribution in [-0.4, -0.2) is 33.6 Å². The number of aromatic nitrogens is 2. The summed E-state index contributed by atoms with van der Waals surface area (Å²) < 4.78 is 3.08. The Hall–Kier alpha value is -0.840. The molecule has 0 radical (unpaired) electrons. The number of hydrogen-bond acceptors (Lipinski definition) is 2. The topological polar surface area (TPSA) is 24.0 Å². The Morgan fingerprint density at radius 2 is 2.10 bits per heavy atom. The highest BCUT2D eigenvalue weighted by molar-refractivity contribution is 7.71. The Morgan fingerprint density at radius 3 is 3.00 bits per heavy atom. The van der Waals surface area contributed by atoms with Crippen LogP contribution in [0, 0.1) is 4.77 Å². The van der Waals surface area contributed by atoms with Gasteiger partial charge in [-0.25, -0.2) is 0 Å². The highest BCUT2D eigenvalue weighted by Crippen LogP contribution is 2.36. The molecule has 5 heteroatoms. The van der Waals surface area contributed by atoms with Crippen LogP contribution < -0.4 is 0 Å². The lowest BCUT2D eigenvalue weighted by Crippen LogP contribution is -2.38. The van der Waals surface area contributed by atoms with E-state index in [1.807, 2.05) is 12.1 Å². The summed E-state index contributed by atoms with van der Waals surface area (Å²) in [6, 6.07) is 7.20. The molecule has 1 N–H and O–H groups in total. The fourth-order valence-electron chi connectivity index (χ4n) is 3.92. The van der Waals surface area contributed by atoms with Crippen LogP contribution in [0.5, 0.6) is 0 Å². The number of benzene rings is 1. The molecule has 0 aliphatic carbocycles. The van der Waals surface area contributed by atoms with Gasteiger partial charge in [0.2, 0.25) is 0 Å². The van der Waals surface area contributed by atoms with Crippen LogP contribution in [-0.2, 0) is 0 Å². The monoisotopic (exact) mass is 307 g/mol. The van der Waals surface area contributed by atoms with E-state index in [1.165, 1.54) is 38.8 Å². The fourth-order valence-corrected chi connectivity index (χ4v) is 4.54. The highest BCUT2D eigenvalue weighted by Gasteiger charge is 2.33. The molecule has 106 valence electrons. The number of para-hydroxylation sites is 1. The minimum absolute atomic E-state index is 0.482. The number of piperidine rings is 1. The summed E-state index contributed by atoms with van der Waals surface area (Å²) in [6.07, 6.45) is 5.05. The van der Waals surface area contributed by atoms with Gasteiger partial charge >= 0.3 is 0 Å². The summed E-state index contributed by atoms with van der Waals surface area (Å²) in [6.45, 7) is 2.46. The number of H-pyrrole nitrogens is 1. The van der Waals surface area contributed by atoms with Gasteiger partial charge in [-0.2, -0.15) is 0 Å². The first kappa shape index (κ1) is 12.9. The molecule has 2 aliphatic rings. The second kappa shape index (κ2) is 4.86. The zero-order valence-electron chi connectivity index (χ0n) is 11.3. The van der Waals surface area contributed by atoms with Gasteiger partial charge < -0.3 is 14.5 Å². The van der Waals surface area contributed by atoms with Crippen LogP contribution in [0.15, 0.2) is 18.2 Å². The van der Waals surface area contributed by atoms with E-state index in [-0.39, 0.29) is 0 Å². The third-order valence-corrected chi connectivity index (χ3v) is 5.45. The van der Waals surface area contributed by atoms with Crippen LogP contribution in [0.2, 0.25) is 5.02 Å². The number of nitrogens with zero attached hydrogens (tertiary/aromatic N) is 2. The van der Waals surface area contributed by atoms with E-state index in [0.717, 1.165) is 26.9 Å². The van der Waals surface area contributed by atoms with Crippen molar-refractivity contribution in [3.05, 3.63) is 28.0 Å². The van der Waals surface area contributed by atoms with Gasteiger partial charge in [-0.3, -0.25) is 0 Å². The summed E-state index contributed by atoms with van der Waals surface area (Å²) in [4.78, 5) is 5.94. The van der Waals surface area contributed by atoms with Crippen LogP contribution in [0.1, 0.15) is 31.7 Å². The minimum Gasteiger partial charge on any atom is -0.331 e. The van der Waals surface area contributed by atoms with Gasteiger partial charge in [0.25, 0.3) is 0 Å². The van der Waals surface area contributed by atoms with E-state index < -0.39 is 0 Å². The number of fused-ring (bicyclic) bond motifs is 2. The number of halogens is 1. The Labute approximate surface area is 128 Å². The molecule has 0 amide bonds. The molecule has 1 aromatic heterocycles. The largest absolute Gasteiger partial charge is 0.331 e. The van der Waals surface area contributed by atoms with Crippen molar-refractivity contribution in [1.29, 1.82) is 0 Å². The van der Waals surface area contributed by atoms with Gasteiger partial charge in [0.1, 0.15) is 0 Å². The van der Waals surface area contributed by atoms with Gasteiger partial charge in [0.05, 0.1) is 16.1 Å². The van der Waals surface area contributed by atoms with E-state index in [2.05, 4.69) is 20.5 Å². The first-order chi connectivity index (χ1) is 9.74. The highest BCUT2D eigenvalue weighted by atomic mass is 35.5. The molecule has 0 saturated carbocycles. The Bertz CT molecular complexity index is 705. The van der Waals surface area contributed by atoms with Crippen LogP contribution in [0.25, 0.3) is 11.0 Å². The second-order valence-corrected chi connectivity index (χ2v) is 6.74. The van der Waals surface area contributed by atoms with Crippen LogP contribution in [0.3, 0.4) is 0 Å². The number of nitrogens with one attached hydrogen (secondary N) is 1. The van der Waals surface area contributed by atoms with E-state index in [1.54, 1.807) is 0 Å².